The van der Waals surface area contributed by atoms with E-state index < -0.39 is 0 Å². The van der Waals surface area contributed by atoms with Crippen LogP contribution in [-0.4, -0.2) is 27.1 Å². The van der Waals surface area contributed by atoms with Gasteiger partial charge >= 0.3 is 6.03 Å². The standard InChI is InChI=1S/C22H20ClN5O/c23-17-8-4-9-18(14-17)26-22(29)25-13-11-20-27-19-10-5-12-24-21(19)28(20)15-16-6-2-1-3-7-16/h1-10,12,14H,11,13,15H2,(H2,25,26,29). The Bertz CT molecular complexity index is 1130. The first-order valence-electron chi connectivity index (χ1n) is 9.33. The molecule has 0 saturated heterocycles. The van der Waals surface area contributed by atoms with E-state index in [2.05, 4.69) is 32.3 Å². The quantitative estimate of drug-likeness (QED) is 0.496. The van der Waals surface area contributed by atoms with Crippen molar-refractivity contribution in [3.8, 4) is 0 Å². The van der Waals surface area contributed by atoms with E-state index in [9.17, 15) is 4.79 Å². The number of aromatic nitrogens is 3. The number of rotatable bonds is 6. The van der Waals surface area contributed by atoms with Crippen molar-refractivity contribution in [1.29, 1.82) is 0 Å². The minimum absolute atomic E-state index is 0.281. The third kappa shape index (κ3) is 4.73. The van der Waals surface area contributed by atoms with E-state index in [-0.39, 0.29) is 6.03 Å². The molecule has 146 valence electrons. The molecule has 6 nitrogen and oxygen atoms in total. The lowest BCUT2D eigenvalue weighted by Crippen LogP contribution is -2.31. The number of carbonyl (C=O) groups excluding carboxylic acids is 1. The van der Waals surface area contributed by atoms with Gasteiger partial charge in [-0.2, -0.15) is 0 Å². The zero-order valence-corrected chi connectivity index (χ0v) is 16.4. The summed E-state index contributed by atoms with van der Waals surface area (Å²) >= 11 is 5.95. The predicted octanol–water partition coefficient (Wildman–Crippen LogP) is 4.50. The van der Waals surface area contributed by atoms with E-state index in [1.807, 2.05) is 30.3 Å². The van der Waals surface area contributed by atoms with Crippen molar-refractivity contribution < 1.29 is 4.79 Å². The Morgan fingerprint density at radius 1 is 1.03 bits per heavy atom. The first-order valence-corrected chi connectivity index (χ1v) is 9.71. The number of hydrogen-bond acceptors (Lipinski definition) is 3. The van der Waals surface area contributed by atoms with Crippen LogP contribution >= 0.6 is 11.6 Å². The maximum Gasteiger partial charge on any atom is 0.319 e. The molecule has 2 aromatic carbocycles. The van der Waals surface area contributed by atoms with Gasteiger partial charge in [-0.25, -0.2) is 14.8 Å². The Kier molecular flexibility index (Phi) is 5.72. The molecule has 2 N–H and O–H groups in total. The van der Waals surface area contributed by atoms with E-state index >= 15 is 0 Å². The van der Waals surface area contributed by atoms with Gasteiger partial charge in [-0.15, -0.1) is 0 Å². The number of carbonyl (C=O) groups is 1. The van der Waals surface area contributed by atoms with Crippen LogP contribution in [-0.2, 0) is 13.0 Å². The van der Waals surface area contributed by atoms with Crippen LogP contribution in [0.2, 0.25) is 5.02 Å². The Morgan fingerprint density at radius 3 is 2.72 bits per heavy atom. The number of pyridine rings is 1. The van der Waals surface area contributed by atoms with Crippen LogP contribution in [0.15, 0.2) is 72.9 Å². The summed E-state index contributed by atoms with van der Waals surface area (Å²) in [7, 11) is 0. The summed E-state index contributed by atoms with van der Waals surface area (Å²) in [6.45, 7) is 1.13. The van der Waals surface area contributed by atoms with Gasteiger partial charge in [-0.3, -0.25) is 0 Å². The van der Waals surface area contributed by atoms with E-state index in [4.69, 9.17) is 16.6 Å². The van der Waals surface area contributed by atoms with Gasteiger partial charge in [0, 0.05) is 29.9 Å². The lowest BCUT2D eigenvalue weighted by atomic mass is 10.2. The fraction of sp³-hybridized carbons (Fsp3) is 0.136. The summed E-state index contributed by atoms with van der Waals surface area (Å²) in [6, 6.07) is 20.8. The van der Waals surface area contributed by atoms with Gasteiger partial charge in [0.05, 0.1) is 6.54 Å². The number of amides is 2. The second-order valence-corrected chi connectivity index (χ2v) is 7.02. The number of halogens is 1. The highest BCUT2D eigenvalue weighted by Crippen LogP contribution is 2.17. The zero-order valence-electron chi connectivity index (χ0n) is 15.7. The Morgan fingerprint density at radius 2 is 1.90 bits per heavy atom. The molecule has 2 amide bonds. The molecule has 0 aliphatic carbocycles. The van der Waals surface area contributed by atoms with Crippen LogP contribution in [0.1, 0.15) is 11.4 Å². The fourth-order valence-corrected chi connectivity index (χ4v) is 3.35. The van der Waals surface area contributed by atoms with Crippen LogP contribution in [0.25, 0.3) is 11.2 Å². The molecule has 0 spiro atoms. The zero-order chi connectivity index (χ0) is 20.1. The molecule has 2 aromatic heterocycles. The van der Waals surface area contributed by atoms with Crippen molar-refractivity contribution in [2.45, 2.75) is 13.0 Å². The summed E-state index contributed by atoms with van der Waals surface area (Å²) in [5, 5.41) is 6.22. The minimum atomic E-state index is -0.281. The third-order valence-electron chi connectivity index (χ3n) is 4.48. The topological polar surface area (TPSA) is 71.8 Å². The molecule has 0 unspecified atom stereocenters. The summed E-state index contributed by atoms with van der Waals surface area (Å²) in [4.78, 5) is 21.4. The van der Waals surface area contributed by atoms with Crippen molar-refractivity contribution in [2.75, 3.05) is 11.9 Å². The molecular weight excluding hydrogens is 386 g/mol. The highest BCUT2D eigenvalue weighted by Gasteiger charge is 2.12. The molecule has 0 aliphatic rings. The molecule has 4 rings (SSSR count). The van der Waals surface area contributed by atoms with E-state index in [1.54, 1.807) is 30.5 Å². The fourth-order valence-electron chi connectivity index (χ4n) is 3.16. The number of nitrogens with one attached hydrogen (secondary N) is 2. The highest BCUT2D eigenvalue weighted by atomic mass is 35.5. The van der Waals surface area contributed by atoms with Crippen LogP contribution < -0.4 is 10.6 Å². The summed E-state index contributed by atoms with van der Waals surface area (Å²) in [5.74, 6) is 0.880. The van der Waals surface area contributed by atoms with Gasteiger partial charge in [-0.05, 0) is 35.9 Å². The predicted molar refractivity (Wildman–Crippen MR) is 115 cm³/mol. The number of benzene rings is 2. The maximum absolute atomic E-state index is 12.2. The van der Waals surface area contributed by atoms with Crippen molar-refractivity contribution >= 4 is 34.5 Å². The first kappa shape index (κ1) is 19.0. The van der Waals surface area contributed by atoms with Crippen molar-refractivity contribution in [2.24, 2.45) is 0 Å². The molecule has 0 fully saturated rings. The summed E-state index contributed by atoms with van der Waals surface area (Å²) in [6.07, 6.45) is 2.36. The SMILES string of the molecule is O=C(NCCc1nc2cccnc2n1Cc1ccccc1)Nc1cccc(Cl)c1. The molecule has 0 atom stereocenters. The Hall–Kier alpha value is -3.38. The normalized spacial score (nSPS) is 10.8. The second-order valence-electron chi connectivity index (χ2n) is 6.59. The average Bonchev–Trinajstić information content (AvgIpc) is 3.06. The molecule has 4 aromatic rings. The molecule has 29 heavy (non-hydrogen) atoms. The Balaban J connectivity index is 1.45. The number of urea groups is 1. The van der Waals surface area contributed by atoms with Crippen molar-refractivity contribution in [3.05, 3.63) is 89.3 Å². The molecule has 0 radical (unpaired) electrons. The van der Waals surface area contributed by atoms with Gasteiger partial charge < -0.3 is 15.2 Å². The molecular formula is C22H20ClN5O. The number of anilines is 1. The van der Waals surface area contributed by atoms with E-state index in [1.165, 1.54) is 5.56 Å². The van der Waals surface area contributed by atoms with E-state index in [0.29, 0.717) is 30.2 Å². The number of imidazole rings is 1. The number of fused-ring (bicyclic) bond motifs is 1. The smallest absolute Gasteiger partial charge is 0.319 e. The van der Waals surface area contributed by atoms with Crippen LogP contribution in [0.5, 0.6) is 0 Å². The van der Waals surface area contributed by atoms with Gasteiger partial charge in [0.15, 0.2) is 5.65 Å². The molecule has 7 heteroatoms. The third-order valence-corrected chi connectivity index (χ3v) is 4.72. The Labute approximate surface area is 173 Å². The lowest BCUT2D eigenvalue weighted by molar-refractivity contribution is 0.252. The van der Waals surface area contributed by atoms with Gasteiger partial charge in [0.1, 0.15) is 11.3 Å². The molecule has 0 saturated carbocycles. The second kappa shape index (κ2) is 8.75. The maximum atomic E-state index is 12.2. The van der Waals surface area contributed by atoms with Crippen LogP contribution in [0.3, 0.4) is 0 Å². The van der Waals surface area contributed by atoms with Crippen LogP contribution in [0.4, 0.5) is 10.5 Å². The van der Waals surface area contributed by atoms with Crippen LogP contribution in [0, 0.1) is 0 Å². The molecule has 2 heterocycles. The minimum Gasteiger partial charge on any atom is -0.337 e. The van der Waals surface area contributed by atoms with Gasteiger partial charge in [0.25, 0.3) is 0 Å². The van der Waals surface area contributed by atoms with Gasteiger partial charge in [0.2, 0.25) is 0 Å². The van der Waals surface area contributed by atoms with Crippen molar-refractivity contribution in [3.63, 3.8) is 0 Å². The average molecular weight is 406 g/mol. The first-order chi connectivity index (χ1) is 14.2. The monoisotopic (exact) mass is 405 g/mol. The largest absolute Gasteiger partial charge is 0.337 e. The van der Waals surface area contributed by atoms with Crippen molar-refractivity contribution in [1.82, 2.24) is 19.9 Å². The summed E-state index contributed by atoms with van der Waals surface area (Å²) in [5.41, 5.74) is 3.51. The lowest BCUT2D eigenvalue weighted by Gasteiger charge is -2.10. The van der Waals surface area contributed by atoms with E-state index in [0.717, 1.165) is 17.0 Å². The number of nitrogens with zero attached hydrogens (tertiary/aromatic N) is 3. The highest BCUT2D eigenvalue weighted by molar-refractivity contribution is 6.30. The summed E-state index contributed by atoms with van der Waals surface area (Å²) < 4.78 is 2.10. The number of hydrogen-bond donors (Lipinski definition) is 2. The molecule has 0 bridgehead atoms. The molecule has 0 aliphatic heterocycles. The van der Waals surface area contributed by atoms with Gasteiger partial charge in [-0.1, -0.05) is 48.0 Å².